The van der Waals surface area contributed by atoms with Crippen LogP contribution in [0.1, 0.15) is 36.1 Å². The fourth-order valence-corrected chi connectivity index (χ4v) is 4.86. The van der Waals surface area contributed by atoms with Crippen molar-refractivity contribution < 1.29 is 32.3 Å². The number of aliphatic hydroxyl groups is 1. The van der Waals surface area contributed by atoms with Crippen molar-refractivity contribution in [3.05, 3.63) is 64.7 Å². The van der Waals surface area contributed by atoms with Gasteiger partial charge in [-0.25, -0.2) is 0 Å². The molecule has 2 fully saturated rings. The Hall–Kier alpha value is -2.25. The Bertz CT molecular complexity index is 1210. The summed E-state index contributed by atoms with van der Waals surface area (Å²) in [5.74, 6) is 4.94. The predicted molar refractivity (Wildman–Crippen MR) is 116 cm³/mol. The third-order valence-electron chi connectivity index (χ3n) is 5.61. The van der Waals surface area contributed by atoms with Gasteiger partial charge in [-0.1, -0.05) is 41.7 Å². The molecule has 2 aromatic carbocycles. The molecule has 0 aliphatic carbocycles. The van der Waals surface area contributed by atoms with E-state index in [4.69, 9.17) is 14.2 Å². The van der Waals surface area contributed by atoms with Crippen LogP contribution in [0.3, 0.4) is 0 Å². The highest BCUT2D eigenvalue weighted by Gasteiger charge is 2.62. The van der Waals surface area contributed by atoms with Crippen molar-refractivity contribution in [3.8, 4) is 11.8 Å². The molecule has 2 saturated heterocycles. The summed E-state index contributed by atoms with van der Waals surface area (Å²) >= 11 is 0. The second kappa shape index (κ2) is 7.96. The standard InChI is InChI=1S/C24H26O7S/c1-15-6-5-7-17(12-15)10-11-24(25)20(29-22-21(24)30-23(3,4)31-22)14-18-13-16(2)8-9-19(18)32(26,27)28/h5-9,12-13,20-22,25H,14H2,1-4H3,(H,26,27,28)/t20?,21-,22+,24+/m0/s1. The van der Waals surface area contributed by atoms with Gasteiger partial charge in [-0.2, -0.15) is 8.42 Å². The van der Waals surface area contributed by atoms with Crippen molar-refractivity contribution >= 4 is 10.1 Å². The van der Waals surface area contributed by atoms with Gasteiger partial charge in [-0.3, -0.25) is 4.55 Å². The molecular formula is C24H26O7S. The maximum atomic E-state index is 11.9. The van der Waals surface area contributed by atoms with Gasteiger partial charge in [0.15, 0.2) is 23.8 Å². The molecule has 32 heavy (non-hydrogen) atoms. The average Bonchev–Trinajstić information content (AvgIpc) is 3.10. The van der Waals surface area contributed by atoms with E-state index in [0.717, 1.165) is 11.1 Å². The van der Waals surface area contributed by atoms with Crippen LogP contribution in [0.2, 0.25) is 0 Å². The summed E-state index contributed by atoms with van der Waals surface area (Å²) in [7, 11) is -4.46. The van der Waals surface area contributed by atoms with Crippen molar-refractivity contribution in [2.75, 3.05) is 0 Å². The van der Waals surface area contributed by atoms with E-state index in [2.05, 4.69) is 11.8 Å². The van der Waals surface area contributed by atoms with Crippen molar-refractivity contribution in [3.63, 3.8) is 0 Å². The lowest BCUT2D eigenvalue weighted by Crippen LogP contribution is -2.48. The zero-order valence-corrected chi connectivity index (χ0v) is 19.1. The normalized spacial score (nSPS) is 28.8. The number of aryl methyl sites for hydroxylation is 2. The summed E-state index contributed by atoms with van der Waals surface area (Å²) in [5, 5.41) is 11.7. The monoisotopic (exact) mass is 458 g/mol. The van der Waals surface area contributed by atoms with Crippen molar-refractivity contribution in [2.24, 2.45) is 0 Å². The molecule has 2 aliphatic rings. The molecule has 0 aromatic heterocycles. The second-order valence-corrected chi connectivity index (χ2v) is 10.2. The highest BCUT2D eigenvalue weighted by Crippen LogP contribution is 2.44. The van der Waals surface area contributed by atoms with Crippen molar-refractivity contribution in [2.45, 2.75) is 68.9 Å². The molecule has 0 spiro atoms. The Kier molecular flexibility index (Phi) is 5.70. The highest BCUT2D eigenvalue weighted by molar-refractivity contribution is 7.85. The molecule has 0 saturated carbocycles. The lowest BCUT2D eigenvalue weighted by atomic mass is 9.88. The molecule has 8 heteroatoms. The van der Waals surface area contributed by atoms with Crippen LogP contribution in [0, 0.1) is 25.7 Å². The molecule has 0 bridgehead atoms. The van der Waals surface area contributed by atoms with E-state index < -0.39 is 40.0 Å². The Morgan fingerprint density at radius 1 is 1.06 bits per heavy atom. The van der Waals surface area contributed by atoms with E-state index in [1.807, 2.05) is 31.2 Å². The predicted octanol–water partition coefficient (Wildman–Crippen LogP) is 2.75. The van der Waals surface area contributed by atoms with E-state index in [1.165, 1.54) is 6.07 Å². The quantitative estimate of drug-likeness (QED) is 0.539. The van der Waals surface area contributed by atoms with Crippen molar-refractivity contribution in [1.82, 2.24) is 0 Å². The van der Waals surface area contributed by atoms with Crippen LogP contribution in [0.4, 0.5) is 0 Å². The van der Waals surface area contributed by atoms with Gasteiger partial charge in [0.25, 0.3) is 10.1 Å². The van der Waals surface area contributed by atoms with E-state index >= 15 is 0 Å². The number of hydrogen-bond donors (Lipinski definition) is 2. The van der Waals surface area contributed by atoms with Crippen LogP contribution in [0.25, 0.3) is 0 Å². The fraction of sp³-hybridized carbons (Fsp3) is 0.417. The average molecular weight is 459 g/mol. The largest absolute Gasteiger partial charge is 0.372 e. The summed E-state index contributed by atoms with van der Waals surface area (Å²) < 4.78 is 51.2. The van der Waals surface area contributed by atoms with Crippen LogP contribution in [-0.2, 0) is 30.7 Å². The molecule has 4 rings (SSSR count). The number of ether oxygens (including phenoxy) is 3. The van der Waals surface area contributed by atoms with Crippen LogP contribution in [-0.4, -0.2) is 48.0 Å². The molecular weight excluding hydrogens is 432 g/mol. The Morgan fingerprint density at radius 3 is 2.47 bits per heavy atom. The van der Waals surface area contributed by atoms with E-state index in [0.29, 0.717) is 11.1 Å². The molecule has 2 aromatic rings. The number of benzene rings is 2. The number of hydrogen-bond acceptors (Lipinski definition) is 6. The lowest BCUT2D eigenvalue weighted by Gasteiger charge is -2.30. The molecule has 2 heterocycles. The van der Waals surface area contributed by atoms with Gasteiger partial charge in [-0.05, 0) is 57.0 Å². The van der Waals surface area contributed by atoms with Gasteiger partial charge in [-0.15, -0.1) is 0 Å². The van der Waals surface area contributed by atoms with Gasteiger partial charge in [0.05, 0.1) is 4.90 Å². The van der Waals surface area contributed by atoms with Gasteiger partial charge in [0, 0.05) is 12.0 Å². The minimum Gasteiger partial charge on any atom is -0.372 e. The van der Waals surface area contributed by atoms with E-state index in [9.17, 15) is 18.1 Å². The Morgan fingerprint density at radius 2 is 1.78 bits per heavy atom. The maximum Gasteiger partial charge on any atom is 0.294 e. The third kappa shape index (κ3) is 4.46. The summed E-state index contributed by atoms with van der Waals surface area (Å²) in [6, 6.07) is 12.1. The third-order valence-corrected chi connectivity index (χ3v) is 6.56. The van der Waals surface area contributed by atoms with Crippen LogP contribution >= 0.6 is 0 Å². The van der Waals surface area contributed by atoms with Crippen LogP contribution in [0.5, 0.6) is 0 Å². The van der Waals surface area contributed by atoms with E-state index in [1.54, 1.807) is 32.9 Å². The lowest BCUT2D eigenvalue weighted by molar-refractivity contribution is -0.221. The maximum absolute atomic E-state index is 11.9. The zero-order chi connectivity index (χ0) is 23.3. The smallest absolute Gasteiger partial charge is 0.294 e. The second-order valence-electron chi connectivity index (χ2n) is 8.78. The summed E-state index contributed by atoms with van der Waals surface area (Å²) in [4.78, 5) is -0.236. The fourth-order valence-electron chi connectivity index (χ4n) is 4.15. The first-order valence-corrected chi connectivity index (χ1v) is 11.7. The molecule has 0 amide bonds. The highest BCUT2D eigenvalue weighted by atomic mass is 32.2. The van der Waals surface area contributed by atoms with E-state index in [-0.39, 0.29) is 11.3 Å². The SMILES string of the molecule is Cc1cccc(C#C[C@@]2(O)C(Cc3cc(C)ccc3S(=O)(=O)O)O[C@@H]3OC(C)(C)O[C@@H]32)c1. The van der Waals surface area contributed by atoms with Crippen LogP contribution < -0.4 is 0 Å². The topological polar surface area (TPSA) is 102 Å². The minimum atomic E-state index is -4.46. The van der Waals surface area contributed by atoms with Gasteiger partial charge < -0.3 is 19.3 Å². The summed E-state index contributed by atoms with van der Waals surface area (Å²) in [6.45, 7) is 7.19. The Labute approximate surface area is 188 Å². The van der Waals surface area contributed by atoms with Gasteiger partial charge in [0.2, 0.25) is 0 Å². The molecule has 4 atom stereocenters. The molecule has 170 valence electrons. The van der Waals surface area contributed by atoms with Gasteiger partial charge >= 0.3 is 0 Å². The first-order chi connectivity index (χ1) is 14.9. The number of fused-ring (bicyclic) bond motifs is 1. The minimum absolute atomic E-state index is 0.0179. The first kappa shape index (κ1) is 22.9. The summed E-state index contributed by atoms with van der Waals surface area (Å²) in [5.41, 5.74) is 1.08. The first-order valence-electron chi connectivity index (χ1n) is 10.3. The molecule has 2 N–H and O–H groups in total. The van der Waals surface area contributed by atoms with Crippen LogP contribution in [0.15, 0.2) is 47.4 Å². The van der Waals surface area contributed by atoms with Crippen molar-refractivity contribution in [1.29, 1.82) is 0 Å². The molecule has 7 nitrogen and oxygen atoms in total. The Balaban J connectivity index is 1.75. The van der Waals surface area contributed by atoms with Gasteiger partial charge in [0.1, 0.15) is 6.10 Å². The zero-order valence-electron chi connectivity index (χ0n) is 18.3. The molecule has 0 radical (unpaired) electrons. The summed E-state index contributed by atoms with van der Waals surface area (Å²) in [6.07, 6.45) is -2.73. The molecule has 1 unspecified atom stereocenters. The number of rotatable bonds is 3. The molecule has 2 aliphatic heterocycles.